The highest BCUT2D eigenvalue weighted by atomic mass is 35.5. The Hall–Kier alpha value is -1.10. The SMILES string of the molecule is CCOc1nc(Cl)nc(NCC2CC2)n1. The van der Waals surface area contributed by atoms with E-state index in [9.17, 15) is 0 Å². The summed E-state index contributed by atoms with van der Waals surface area (Å²) in [5.74, 6) is 1.25. The summed E-state index contributed by atoms with van der Waals surface area (Å²) in [5, 5.41) is 3.28. The minimum Gasteiger partial charge on any atom is -0.464 e. The smallest absolute Gasteiger partial charge is 0.322 e. The van der Waals surface area contributed by atoms with Crippen molar-refractivity contribution in [1.29, 1.82) is 0 Å². The van der Waals surface area contributed by atoms with E-state index in [1.54, 1.807) is 0 Å². The van der Waals surface area contributed by atoms with E-state index < -0.39 is 0 Å². The molecule has 0 spiro atoms. The first kappa shape index (κ1) is 10.4. The highest BCUT2D eigenvalue weighted by Crippen LogP contribution is 2.28. The molecular weight excluding hydrogens is 216 g/mol. The van der Waals surface area contributed by atoms with Gasteiger partial charge in [-0.25, -0.2) is 0 Å². The van der Waals surface area contributed by atoms with Gasteiger partial charge < -0.3 is 10.1 Å². The first-order valence-corrected chi connectivity index (χ1v) is 5.44. The fourth-order valence-corrected chi connectivity index (χ4v) is 1.31. The third-order valence-corrected chi connectivity index (χ3v) is 2.28. The standard InChI is InChI=1S/C9H13ClN4O/c1-2-15-9-13-7(10)12-8(14-9)11-5-6-3-4-6/h6H,2-5H2,1H3,(H,11,12,13,14). The van der Waals surface area contributed by atoms with Crippen molar-refractivity contribution in [2.24, 2.45) is 5.92 Å². The average Bonchev–Trinajstić information content (AvgIpc) is 2.98. The monoisotopic (exact) mass is 228 g/mol. The van der Waals surface area contributed by atoms with Gasteiger partial charge in [-0.15, -0.1) is 0 Å². The number of halogens is 1. The Morgan fingerprint density at radius 3 is 2.87 bits per heavy atom. The number of hydrogen-bond acceptors (Lipinski definition) is 5. The van der Waals surface area contributed by atoms with Gasteiger partial charge in [-0.05, 0) is 37.3 Å². The predicted molar refractivity (Wildman–Crippen MR) is 57.2 cm³/mol. The normalized spacial score (nSPS) is 15.1. The molecule has 1 aliphatic carbocycles. The maximum Gasteiger partial charge on any atom is 0.322 e. The maximum atomic E-state index is 5.73. The van der Waals surface area contributed by atoms with E-state index in [4.69, 9.17) is 16.3 Å². The molecule has 1 aromatic rings. The summed E-state index contributed by atoms with van der Waals surface area (Å²) in [6.45, 7) is 3.28. The van der Waals surface area contributed by atoms with Crippen molar-refractivity contribution in [1.82, 2.24) is 15.0 Å². The minimum absolute atomic E-state index is 0.159. The molecule has 15 heavy (non-hydrogen) atoms. The molecule has 0 amide bonds. The summed E-state index contributed by atoms with van der Waals surface area (Å²) in [5.41, 5.74) is 0. The van der Waals surface area contributed by atoms with Gasteiger partial charge in [0.15, 0.2) is 0 Å². The molecule has 2 rings (SSSR count). The lowest BCUT2D eigenvalue weighted by Gasteiger charge is -2.05. The summed E-state index contributed by atoms with van der Waals surface area (Å²) in [6.07, 6.45) is 2.56. The van der Waals surface area contributed by atoms with Crippen molar-refractivity contribution >= 4 is 17.5 Å². The second-order valence-corrected chi connectivity index (χ2v) is 3.81. The fourth-order valence-electron chi connectivity index (χ4n) is 1.16. The van der Waals surface area contributed by atoms with Crippen LogP contribution in [-0.2, 0) is 0 Å². The number of anilines is 1. The number of nitrogens with one attached hydrogen (secondary N) is 1. The van der Waals surface area contributed by atoms with E-state index in [0.717, 1.165) is 12.5 Å². The van der Waals surface area contributed by atoms with Crippen molar-refractivity contribution < 1.29 is 4.74 Å². The molecule has 0 bridgehead atoms. The summed E-state index contributed by atoms with van der Waals surface area (Å²) in [6, 6.07) is 0.274. The van der Waals surface area contributed by atoms with Crippen LogP contribution in [0, 0.1) is 5.92 Å². The lowest BCUT2D eigenvalue weighted by Crippen LogP contribution is -2.09. The van der Waals surface area contributed by atoms with Gasteiger partial charge in [-0.1, -0.05) is 0 Å². The van der Waals surface area contributed by atoms with Crippen molar-refractivity contribution in [2.45, 2.75) is 19.8 Å². The second kappa shape index (κ2) is 4.61. The van der Waals surface area contributed by atoms with E-state index in [2.05, 4.69) is 20.3 Å². The summed E-state index contributed by atoms with van der Waals surface area (Å²) in [4.78, 5) is 11.9. The molecule has 0 aromatic carbocycles. The van der Waals surface area contributed by atoms with Gasteiger partial charge in [-0.3, -0.25) is 0 Å². The largest absolute Gasteiger partial charge is 0.464 e. The number of rotatable bonds is 5. The molecule has 5 nitrogen and oxygen atoms in total. The van der Waals surface area contributed by atoms with Crippen LogP contribution in [0.3, 0.4) is 0 Å². The van der Waals surface area contributed by atoms with Crippen molar-refractivity contribution in [2.75, 3.05) is 18.5 Å². The number of hydrogen-bond donors (Lipinski definition) is 1. The molecule has 0 unspecified atom stereocenters. The van der Waals surface area contributed by atoms with Gasteiger partial charge in [0.1, 0.15) is 0 Å². The summed E-state index contributed by atoms with van der Waals surface area (Å²) >= 11 is 5.73. The number of aromatic nitrogens is 3. The highest BCUT2D eigenvalue weighted by molar-refractivity contribution is 6.28. The first-order chi connectivity index (χ1) is 7.28. The van der Waals surface area contributed by atoms with E-state index in [1.165, 1.54) is 12.8 Å². The topological polar surface area (TPSA) is 59.9 Å². The quantitative estimate of drug-likeness (QED) is 0.832. The molecule has 1 N–H and O–H groups in total. The summed E-state index contributed by atoms with van der Waals surface area (Å²) < 4.78 is 5.16. The average molecular weight is 229 g/mol. The molecule has 1 aromatic heterocycles. The zero-order valence-electron chi connectivity index (χ0n) is 8.53. The Balaban J connectivity index is 2.00. The number of ether oxygens (including phenoxy) is 1. The van der Waals surface area contributed by atoms with Gasteiger partial charge in [0, 0.05) is 6.54 Å². The van der Waals surface area contributed by atoms with Crippen LogP contribution in [0.1, 0.15) is 19.8 Å². The minimum atomic E-state index is 0.159. The Morgan fingerprint density at radius 1 is 1.40 bits per heavy atom. The molecule has 82 valence electrons. The molecule has 0 radical (unpaired) electrons. The third kappa shape index (κ3) is 3.20. The van der Waals surface area contributed by atoms with Crippen molar-refractivity contribution in [3.8, 4) is 6.01 Å². The maximum absolute atomic E-state index is 5.73. The molecule has 1 aliphatic rings. The number of nitrogens with zero attached hydrogens (tertiary/aromatic N) is 3. The highest BCUT2D eigenvalue weighted by Gasteiger charge is 2.21. The van der Waals surface area contributed by atoms with Crippen LogP contribution in [0.5, 0.6) is 6.01 Å². The van der Waals surface area contributed by atoms with Crippen LogP contribution in [0.15, 0.2) is 0 Å². The molecule has 6 heteroatoms. The summed E-state index contributed by atoms with van der Waals surface area (Å²) in [7, 11) is 0. The Kier molecular flexibility index (Phi) is 3.20. The van der Waals surface area contributed by atoms with Crippen LogP contribution < -0.4 is 10.1 Å². The van der Waals surface area contributed by atoms with Crippen LogP contribution in [0.25, 0.3) is 0 Å². The molecule has 1 saturated carbocycles. The van der Waals surface area contributed by atoms with Crippen LogP contribution in [0.2, 0.25) is 5.28 Å². The van der Waals surface area contributed by atoms with E-state index in [-0.39, 0.29) is 11.3 Å². The predicted octanol–water partition coefficient (Wildman–Crippen LogP) is 1.75. The zero-order valence-corrected chi connectivity index (χ0v) is 9.29. The Labute approximate surface area is 93.2 Å². The van der Waals surface area contributed by atoms with E-state index >= 15 is 0 Å². The van der Waals surface area contributed by atoms with Crippen molar-refractivity contribution in [3.05, 3.63) is 5.28 Å². The molecule has 1 fully saturated rings. The van der Waals surface area contributed by atoms with Crippen LogP contribution >= 0.6 is 11.6 Å². The first-order valence-electron chi connectivity index (χ1n) is 5.06. The van der Waals surface area contributed by atoms with Gasteiger partial charge in [0.2, 0.25) is 11.2 Å². The van der Waals surface area contributed by atoms with Gasteiger partial charge in [0.05, 0.1) is 6.61 Å². The third-order valence-electron chi connectivity index (χ3n) is 2.11. The van der Waals surface area contributed by atoms with Crippen LogP contribution in [-0.4, -0.2) is 28.1 Å². The Morgan fingerprint density at radius 2 is 2.20 bits per heavy atom. The fraction of sp³-hybridized carbons (Fsp3) is 0.667. The lowest BCUT2D eigenvalue weighted by atomic mass is 10.4. The lowest BCUT2D eigenvalue weighted by molar-refractivity contribution is 0.312. The Bertz CT molecular complexity index is 343. The van der Waals surface area contributed by atoms with Gasteiger partial charge in [-0.2, -0.15) is 15.0 Å². The molecule has 0 aliphatic heterocycles. The van der Waals surface area contributed by atoms with Gasteiger partial charge in [0.25, 0.3) is 0 Å². The van der Waals surface area contributed by atoms with E-state index in [1.807, 2.05) is 6.92 Å². The van der Waals surface area contributed by atoms with Crippen molar-refractivity contribution in [3.63, 3.8) is 0 Å². The second-order valence-electron chi connectivity index (χ2n) is 3.47. The van der Waals surface area contributed by atoms with Crippen LogP contribution in [0.4, 0.5) is 5.95 Å². The molecule has 0 atom stereocenters. The van der Waals surface area contributed by atoms with E-state index in [0.29, 0.717) is 12.6 Å². The molecular formula is C9H13ClN4O. The van der Waals surface area contributed by atoms with Gasteiger partial charge >= 0.3 is 6.01 Å². The molecule has 0 saturated heterocycles. The zero-order chi connectivity index (χ0) is 10.7. The molecule has 1 heterocycles.